The van der Waals surface area contributed by atoms with E-state index < -0.39 is 0 Å². The van der Waals surface area contributed by atoms with E-state index in [4.69, 9.17) is 5.73 Å². The van der Waals surface area contributed by atoms with Crippen molar-refractivity contribution in [1.82, 2.24) is 25.6 Å². The molecule has 104 valence electrons. The average Bonchev–Trinajstić information content (AvgIpc) is 2.48. The molecular weight excluding hydrogens is 244 g/mol. The van der Waals surface area contributed by atoms with Crippen LogP contribution in [0.25, 0.3) is 0 Å². The molecule has 0 unspecified atom stereocenters. The van der Waals surface area contributed by atoms with Crippen molar-refractivity contribution < 1.29 is 0 Å². The Labute approximate surface area is 112 Å². The average molecular weight is 264 g/mol. The fraction of sp³-hybridized carbons (Fsp3) is 0.727. The minimum Gasteiger partial charge on any atom is -0.368 e. The van der Waals surface area contributed by atoms with Gasteiger partial charge < -0.3 is 26.2 Å². The second-order valence-electron chi connectivity index (χ2n) is 4.77. The largest absolute Gasteiger partial charge is 0.368 e. The third-order valence-corrected chi connectivity index (χ3v) is 3.43. The van der Waals surface area contributed by atoms with Gasteiger partial charge in [0.05, 0.1) is 0 Å². The molecule has 2 aliphatic heterocycles. The van der Waals surface area contributed by atoms with E-state index in [-0.39, 0.29) is 0 Å². The molecule has 0 aromatic carbocycles. The maximum absolute atomic E-state index is 5.83. The zero-order valence-electron chi connectivity index (χ0n) is 11.0. The Morgan fingerprint density at radius 2 is 1.16 bits per heavy atom. The van der Waals surface area contributed by atoms with Crippen LogP contribution >= 0.6 is 0 Å². The highest BCUT2D eigenvalue weighted by Gasteiger charge is 2.19. The molecule has 2 saturated heterocycles. The molecule has 8 heteroatoms. The van der Waals surface area contributed by atoms with E-state index in [2.05, 4.69) is 35.4 Å². The Morgan fingerprint density at radius 1 is 0.737 bits per heavy atom. The molecule has 3 heterocycles. The minimum atomic E-state index is 0.303. The Bertz CT molecular complexity index is 388. The smallest absolute Gasteiger partial charge is 0.232 e. The number of nitrogens with zero attached hydrogens (tertiary/aromatic N) is 5. The highest BCUT2D eigenvalue weighted by Crippen LogP contribution is 2.16. The summed E-state index contributed by atoms with van der Waals surface area (Å²) in [6.45, 7) is 7.44. The van der Waals surface area contributed by atoms with Gasteiger partial charge in [-0.2, -0.15) is 15.0 Å². The Kier molecular flexibility index (Phi) is 3.60. The first-order valence-corrected chi connectivity index (χ1v) is 6.76. The maximum atomic E-state index is 5.83. The number of nitrogens with one attached hydrogen (secondary N) is 2. The number of piperazine rings is 2. The normalized spacial score (nSPS) is 20.6. The summed E-state index contributed by atoms with van der Waals surface area (Å²) < 4.78 is 0. The number of nitrogens with two attached hydrogens (primary N) is 1. The summed E-state index contributed by atoms with van der Waals surface area (Å²) in [5, 5.41) is 6.63. The summed E-state index contributed by atoms with van der Waals surface area (Å²) in [5.74, 6) is 1.70. The third-order valence-electron chi connectivity index (χ3n) is 3.43. The molecule has 0 amide bonds. The van der Waals surface area contributed by atoms with Crippen molar-refractivity contribution in [3.8, 4) is 0 Å². The predicted octanol–water partition coefficient (Wildman–Crippen LogP) is -1.73. The quantitative estimate of drug-likeness (QED) is 0.580. The van der Waals surface area contributed by atoms with Crippen molar-refractivity contribution in [3.63, 3.8) is 0 Å². The Morgan fingerprint density at radius 3 is 1.58 bits per heavy atom. The van der Waals surface area contributed by atoms with Crippen LogP contribution in [0.3, 0.4) is 0 Å². The molecule has 2 fully saturated rings. The molecule has 0 radical (unpaired) electrons. The first-order chi connectivity index (χ1) is 9.33. The van der Waals surface area contributed by atoms with Crippen LogP contribution < -0.4 is 26.2 Å². The summed E-state index contributed by atoms with van der Waals surface area (Å²) in [6, 6.07) is 0. The van der Waals surface area contributed by atoms with Crippen LogP contribution in [0.15, 0.2) is 0 Å². The topological polar surface area (TPSA) is 95.2 Å². The summed E-state index contributed by atoms with van der Waals surface area (Å²) in [7, 11) is 0. The molecule has 0 atom stereocenters. The molecule has 3 rings (SSSR count). The molecule has 0 saturated carbocycles. The monoisotopic (exact) mass is 264 g/mol. The van der Waals surface area contributed by atoms with Crippen molar-refractivity contribution in [2.24, 2.45) is 0 Å². The molecule has 1 aromatic heterocycles. The number of anilines is 3. The van der Waals surface area contributed by atoms with Crippen LogP contribution in [-0.2, 0) is 0 Å². The van der Waals surface area contributed by atoms with Gasteiger partial charge in [-0.1, -0.05) is 0 Å². The molecule has 2 aliphatic rings. The lowest BCUT2D eigenvalue weighted by Gasteiger charge is -2.30. The van der Waals surface area contributed by atoms with E-state index in [1.165, 1.54) is 0 Å². The van der Waals surface area contributed by atoms with Gasteiger partial charge in [-0.15, -0.1) is 0 Å². The Hall–Kier alpha value is -1.67. The van der Waals surface area contributed by atoms with Gasteiger partial charge in [0.1, 0.15) is 0 Å². The van der Waals surface area contributed by atoms with Gasteiger partial charge in [0.25, 0.3) is 0 Å². The van der Waals surface area contributed by atoms with Crippen molar-refractivity contribution in [3.05, 3.63) is 0 Å². The van der Waals surface area contributed by atoms with Crippen molar-refractivity contribution in [2.75, 3.05) is 67.9 Å². The van der Waals surface area contributed by atoms with E-state index in [0.717, 1.165) is 52.4 Å². The number of hydrogen-bond donors (Lipinski definition) is 3. The molecule has 8 nitrogen and oxygen atoms in total. The van der Waals surface area contributed by atoms with E-state index in [9.17, 15) is 0 Å². The van der Waals surface area contributed by atoms with Crippen LogP contribution in [0.4, 0.5) is 17.8 Å². The number of rotatable bonds is 2. The molecule has 1 aromatic rings. The fourth-order valence-electron chi connectivity index (χ4n) is 2.38. The maximum Gasteiger partial charge on any atom is 0.232 e. The summed E-state index contributed by atoms with van der Waals surface area (Å²) in [6.07, 6.45) is 0. The summed E-state index contributed by atoms with van der Waals surface area (Å²) in [5.41, 5.74) is 5.83. The first-order valence-electron chi connectivity index (χ1n) is 6.76. The van der Waals surface area contributed by atoms with Gasteiger partial charge in [0.2, 0.25) is 17.8 Å². The lowest BCUT2D eigenvalue weighted by molar-refractivity contribution is 0.568. The van der Waals surface area contributed by atoms with Gasteiger partial charge in [-0.05, 0) is 0 Å². The third kappa shape index (κ3) is 2.85. The second kappa shape index (κ2) is 5.54. The molecule has 0 bridgehead atoms. The first kappa shape index (κ1) is 12.4. The summed E-state index contributed by atoms with van der Waals surface area (Å²) >= 11 is 0. The van der Waals surface area contributed by atoms with Crippen LogP contribution in [0.5, 0.6) is 0 Å². The molecule has 19 heavy (non-hydrogen) atoms. The minimum absolute atomic E-state index is 0.303. The van der Waals surface area contributed by atoms with Gasteiger partial charge >= 0.3 is 0 Å². The molecular formula is C11H20N8. The van der Waals surface area contributed by atoms with E-state index >= 15 is 0 Å². The van der Waals surface area contributed by atoms with Crippen LogP contribution in [0.2, 0.25) is 0 Å². The van der Waals surface area contributed by atoms with Crippen molar-refractivity contribution >= 4 is 17.8 Å². The van der Waals surface area contributed by atoms with Crippen molar-refractivity contribution in [1.29, 1.82) is 0 Å². The zero-order chi connectivity index (χ0) is 13.1. The summed E-state index contributed by atoms with van der Waals surface area (Å²) in [4.78, 5) is 17.4. The molecule has 0 spiro atoms. The standard InChI is InChI=1S/C11H20N8/c12-9-15-10(18-5-1-13-2-6-18)17-11(16-9)19-7-3-14-4-8-19/h13-14H,1-8H2,(H2,12,15,16,17). The molecule has 0 aliphatic carbocycles. The predicted molar refractivity (Wildman–Crippen MR) is 74.4 cm³/mol. The number of nitrogen functional groups attached to an aromatic ring is 1. The van der Waals surface area contributed by atoms with E-state index in [1.807, 2.05) is 0 Å². The lowest BCUT2D eigenvalue weighted by Crippen LogP contribution is -2.46. The highest BCUT2D eigenvalue weighted by atomic mass is 15.4. The lowest BCUT2D eigenvalue weighted by atomic mass is 10.4. The van der Waals surface area contributed by atoms with Crippen LogP contribution in [-0.4, -0.2) is 67.3 Å². The van der Waals surface area contributed by atoms with Gasteiger partial charge in [0.15, 0.2) is 0 Å². The second-order valence-corrected chi connectivity index (χ2v) is 4.77. The SMILES string of the molecule is Nc1nc(N2CCNCC2)nc(N2CCNCC2)n1. The van der Waals surface area contributed by atoms with E-state index in [1.54, 1.807) is 0 Å². The number of hydrogen-bond acceptors (Lipinski definition) is 8. The van der Waals surface area contributed by atoms with Gasteiger partial charge in [-0.3, -0.25) is 0 Å². The van der Waals surface area contributed by atoms with Crippen molar-refractivity contribution in [2.45, 2.75) is 0 Å². The zero-order valence-corrected chi connectivity index (χ0v) is 11.0. The van der Waals surface area contributed by atoms with Gasteiger partial charge in [-0.25, -0.2) is 0 Å². The van der Waals surface area contributed by atoms with Gasteiger partial charge in [0, 0.05) is 52.4 Å². The Balaban J connectivity index is 1.82. The van der Waals surface area contributed by atoms with Crippen LogP contribution in [0.1, 0.15) is 0 Å². The van der Waals surface area contributed by atoms with E-state index in [0.29, 0.717) is 17.8 Å². The number of aromatic nitrogens is 3. The van der Waals surface area contributed by atoms with Crippen LogP contribution in [0, 0.1) is 0 Å². The molecule has 4 N–H and O–H groups in total. The fourth-order valence-corrected chi connectivity index (χ4v) is 2.38. The highest BCUT2D eigenvalue weighted by molar-refractivity contribution is 5.44.